The molecule has 18 heavy (non-hydrogen) atoms. The van der Waals surface area contributed by atoms with Crippen LogP contribution in [0.5, 0.6) is 5.75 Å². The van der Waals surface area contributed by atoms with Gasteiger partial charge in [-0.25, -0.2) is 0 Å². The summed E-state index contributed by atoms with van der Waals surface area (Å²) in [6.45, 7) is 5.05. The molecule has 0 aromatic heterocycles. The Kier molecular flexibility index (Phi) is 4.76. The predicted molar refractivity (Wildman–Crippen MR) is 83.8 cm³/mol. The van der Waals surface area contributed by atoms with Crippen LogP contribution in [0.4, 0.5) is 0 Å². The molecule has 0 spiro atoms. The summed E-state index contributed by atoms with van der Waals surface area (Å²) in [4.78, 5) is 0. The molecule has 0 bridgehead atoms. The third-order valence-electron chi connectivity index (χ3n) is 3.90. The molecule has 1 nitrogen and oxygen atoms in total. The number of aryl methyl sites for hydroxylation is 2. The third-order valence-corrected chi connectivity index (χ3v) is 6.34. The van der Waals surface area contributed by atoms with Gasteiger partial charge >= 0.3 is 0 Å². The van der Waals surface area contributed by atoms with Crippen LogP contribution in [-0.2, 0) is 0 Å². The van der Waals surface area contributed by atoms with E-state index in [0.717, 1.165) is 17.7 Å². The van der Waals surface area contributed by atoms with Gasteiger partial charge in [0.2, 0.25) is 0 Å². The zero-order valence-electron chi connectivity index (χ0n) is 11.1. The van der Waals surface area contributed by atoms with Gasteiger partial charge in [-0.2, -0.15) is 0 Å². The highest BCUT2D eigenvalue weighted by molar-refractivity contribution is 9.10. The number of halogens is 2. The lowest BCUT2D eigenvalue weighted by atomic mass is 9.90. The van der Waals surface area contributed by atoms with Crippen molar-refractivity contribution in [1.82, 2.24) is 0 Å². The van der Waals surface area contributed by atoms with Gasteiger partial charge in [0.1, 0.15) is 5.75 Å². The van der Waals surface area contributed by atoms with Gasteiger partial charge in [-0.05, 0) is 49.9 Å². The Bertz CT molecular complexity index is 399. The van der Waals surface area contributed by atoms with Crippen LogP contribution in [0.2, 0.25) is 0 Å². The Morgan fingerprint density at radius 3 is 2.22 bits per heavy atom. The molecular weight excluding hydrogens is 356 g/mol. The molecule has 1 aromatic rings. The molecule has 0 aliphatic heterocycles. The minimum atomic E-state index is 0.356. The van der Waals surface area contributed by atoms with Gasteiger partial charge in [0.15, 0.2) is 0 Å². The Balaban J connectivity index is 2.06. The summed E-state index contributed by atoms with van der Waals surface area (Å²) in [5.74, 6) is 1.00. The van der Waals surface area contributed by atoms with Gasteiger partial charge in [-0.15, -0.1) is 0 Å². The van der Waals surface area contributed by atoms with E-state index in [1.165, 1.54) is 41.3 Å². The molecule has 1 saturated carbocycles. The van der Waals surface area contributed by atoms with E-state index in [1.54, 1.807) is 0 Å². The molecule has 0 atom stereocenters. The fraction of sp³-hybridized carbons (Fsp3) is 0.600. The molecular formula is C15H20Br2O. The van der Waals surface area contributed by atoms with E-state index >= 15 is 0 Å². The van der Waals surface area contributed by atoms with Gasteiger partial charge < -0.3 is 4.74 Å². The fourth-order valence-electron chi connectivity index (χ4n) is 2.67. The van der Waals surface area contributed by atoms with Gasteiger partial charge in [-0.3, -0.25) is 0 Å². The second-order valence-electron chi connectivity index (χ2n) is 5.50. The average Bonchev–Trinajstić information content (AvgIpc) is 2.83. The molecule has 1 aliphatic rings. The largest absolute Gasteiger partial charge is 0.493 e. The lowest BCUT2D eigenvalue weighted by molar-refractivity contribution is 0.174. The normalized spacial score (nSPS) is 18.0. The molecule has 100 valence electrons. The number of rotatable bonds is 4. The number of ether oxygens (including phenoxy) is 1. The van der Waals surface area contributed by atoms with Gasteiger partial charge in [0, 0.05) is 15.2 Å². The SMILES string of the molecule is Cc1cc(OCC2(CBr)CCCC2)cc(C)c1Br. The first kappa shape index (κ1) is 14.4. The van der Waals surface area contributed by atoms with Crippen molar-refractivity contribution in [3.63, 3.8) is 0 Å². The van der Waals surface area contributed by atoms with Crippen molar-refractivity contribution in [3.8, 4) is 5.75 Å². The zero-order valence-corrected chi connectivity index (χ0v) is 14.2. The van der Waals surface area contributed by atoms with Gasteiger partial charge in [-0.1, -0.05) is 44.7 Å². The summed E-state index contributed by atoms with van der Waals surface area (Å²) in [5, 5.41) is 1.05. The van der Waals surface area contributed by atoms with Crippen molar-refractivity contribution >= 4 is 31.9 Å². The smallest absolute Gasteiger partial charge is 0.119 e. The topological polar surface area (TPSA) is 9.23 Å². The summed E-state index contributed by atoms with van der Waals surface area (Å²) in [7, 11) is 0. The zero-order chi connectivity index (χ0) is 13.2. The second-order valence-corrected chi connectivity index (χ2v) is 6.85. The standard InChI is InChI=1S/C15H20Br2O/c1-11-7-13(8-12(2)14(11)17)18-10-15(9-16)5-3-4-6-15/h7-8H,3-6,9-10H2,1-2H3. The fourth-order valence-corrected chi connectivity index (χ4v) is 3.62. The van der Waals surface area contributed by atoms with Gasteiger partial charge in [0.05, 0.1) is 6.61 Å². The van der Waals surface area contributed by atoms with Gasteiger partial charge in [0.25, 0.3) is 0 Å². The highest BCUT2D eigenvalue weighted by Gasteiger charge is 2.33. The quantitative estimate of drug-likeness (QED) is 0.640. The Morgan fingerprint density at radius 1 is 1.17 bits per heavy atom. The Morgan fingerprint density at radius 2 is 1.72 bits per heavy atom. The molecule has 0 radical (unpaired) electrons. The highest BCUT2D eigenvalue weighted by atomic mass is 79.9. The van der Waals surface area contributed by atoms with Crippen molar-refractivity contribution < 1.29 is 4.74 Å². The third kappa shape index (κ3) is 3.11. The Labute approximate surface area is 127 Å². The van der Waals surface area contributed by atoms with Crippen LogP contribution >= 0.6 is 31.9 Å². The number of hydrogen-bond donors (Lipinski definition) is 0. The van der Waals surface area contributed by atoms with E-state index in [0.29, 0.717) is 5.41 Å². The first-order valence-corrected chi connectivity index (χ1v) is 8.43. The maximum Gasteiger partial charge on any atom is 0.119 e. The van der Waals surface area contributed by atoms with E-state index in [4.69, 9.17) is 4.74 Å². The monoisotopic (exact) mass is 374 g/mol. The molecule has 0 saturated heterocycles. The maximum absolute atomic E-state index is 6.05. The van der Waals surface area contributed by atoms with E-state index in [-0.39, 0.29) is 0 Å². The summed E-state index contributed by atoms with van der Waals surface area (Å²) < 4.78 is 7.24. The van der Waals surface area contributed by atoms with Crippen LogP contribution in [0.3, 0.4) is 0 Å². The van der Waals surface area contributed by atoms with Crippen LogP contribution in [-0.4, -0.2) is 11.9 Å². The molecule has 0 unspecified atom stereocenters. The van der Waals surface area contributed by atoms with E-state index in [1.807, 2.05) is 0 Å². The van der Waals surface area contributed by atoms with Crippen molar-refractivity contribution in [3.05, 3.63) is 27.7 Å². The molecule has 0 heterocycles. The van der Waals surface area contributed by atoms with E-state index in [2.05, 4.69) is 57.8 Å². The lowest BCUT2D eigenvalue weighted by Gasteiger charge is -2.26. The summed E-state index contributed by atoms with van der Waals surface area (Å²) >= 11 is 7.25. The summed E-state index contributed by atoms with van der Waals surface area (Å²) in [5.41, 5.74) is 2.84. The molecule has 0 amide bonds. The number of alkyl halides is 1. The van der Waals surface area contributed by atoms with E-state index < -0.39 is 0 Å². The second kappa shape index (κ2) is 5.96. The summed E-state index contributed by atoms with van der Waals surface area (Å²) in [6, 6.07) is 4.24. The lowest BCUT2D eigenvalue weighted by Crippen LogP contribution is -2.27. The minimum Gasteiger partial charge on any atom is -0.493 e. The van der Waals surface area contributed by atoms with Crippen molar-refractivity contribution in [2.75, 3.05) is 11.9 Å². The minimum absolute atomic E-state index is 0.356. The first-order valence-electron chi connectivity index (χ1n) is 6.52. The van der Waals surface area contributed by atoms with Crippen LogP contribution < -0.4 is 4.74 Å². The van der Waals surface area contributed by atoms with Crippen LogP contribution in [0.15, 0.2) is 16.6 Å². The molecule has 3 heteroatoms. The van der Waals surface area contributed by atoms with Crippen LogP contribution in [0.1, 0.15) is 36.8 Å². The molecule has 1 aliphatic carbocycles. The van der Waals surface area contributed by atoms with Crippen molar-refractivity contribution in [1.29, 1.82) is 0 Å². The van der Waals surface area contributed by atoms with Crippen LogP contribution in [0.25, 0.3) is 0 Å². The number of benzene rings is 1. The predicted octanol–water partition coefficient (Wildman–Crippen LogP) is 5.40. The molecule has 2 rings (SSSR count). The number of hydrogen-bond acceptors (Lipinski definition) is 1. The molecule has 1 aromatic carbocycles. The van der Waals surface area contributed by atoms with Crippen molar-refractivity contribution in [2.45, 2.75) is 39.5 Å². The van der Waals surface area contributed by atoms with Crippen LogP contribution in [0, 0.1) is 19.3 Å². The molecule has 1 fully saturated rings. The van der Waals surface area contributed by atoms with E-state index in [9.17, 15) is 0 Å². The average molecular weight is 376 g/mol. The molecule has 0 N–H and O–H groups in total. The summed E-state index contributed by atoms with van der Waals surface area (Å²) in [6.07, 6.45) is 5.25. The first-order chi connectivity index (χ1) is 8.56. The Hall–Kier alpha value is -0.0200. The van der Waals surface area contributed by atoms with Crippen molar-refractivity contribution in [2.24, 2.45) is 5.41 Å². The highest BCUT2D eigenvalue weighted by Crippen LogP contribution is 2.40. The maximum atomic E-state index is 6.05.